The summed E-state index contributed by atoms with van der Waals surface area (Å²) >= 11 is 0. The Hall–Kier alpha value is -3.16. The Balaban J connectivity index is 1.36. The van der Waals surface area contributed by atoms with Crippen LogP contribution in [-0.4, -0.2) is 31.3 Å². The number of hydrogen-bond donors (Lipinski definition) is 2. The van der Waals surface area contributed by atoms with E-state index in [0.717, 1.165) is 42.2 Å². The number of benzene rings is 1. The average molecular weight is 421 g/mol. The molecular formula is C23H28N6O2. The van der Waals surface area contributed by atoms with Gasteiger partial charge in [-0.05, 0) is 76.1 Å². The zero-order valence-electron chi connectivity index (χ0n) is 18.2. The van der Waals surface area contributed by atoms with E-state index in [2.05, 4.69) is 36.3 Å². The lowest BCUT2D eigenvalue weighted by Crippen LogP contribution is -2.27. The summed E-state index contributed by atoms with van der Waals surface area (Å²) in [6.07, 6.45) is 8.73. The summed E-state index contributed by atoms with van der Waals surface area (Å²) < 4.78 is 7.42. The van der Waals surface area contributed by atoms with E-state index in [0.29, 0.717) is 5.92 Å². The van der Waals surface area contributed by atoms with Gasteiger partial charge in [0.1, 0.15) is 11.4 Å². The molecule has 8 nitrogen and oxygen atoms in total. The Bertz CT molecular complexity index is 1130. The smallest absolute Gasteiger partial charge is 0.412 e. The monoisotopic (exact) mass is 420 g/mol. The number of fused-ring (bicyclic) bond motifs is 2. The van der Waals surface area contributed by atoms with Gasteiger partial charge < -0.3 is 10.1 Å². The van der Waals surface area contributed by atoms with Gasteiger partial charge in [0.05, 0.1) is 6.04 Å². The molecule has 0 saturated heterocycles. The number of nitrogens with zero attached hydrogens (tertiary/aromatic N) is 4. The zero-order valence-corrected chi connectivity index (χ0v) is 18.2. The van der Waals surface area contributed by atoms with Crippen LogP contribution in [0.15, 0.2) is 30.6 Å². The molecule has 2 aliphatic rings. The van der Waals surface area contributed by atoms with Crippen molar-refractivity contribution in [1.82, 2.24) is 19.6 Å². The minimum absolute atomic E-state index is 0.138. The van der Waals surface area contributed by atoms with Gasteiger partial charge in [-0.2, -0.15) is 0 Å². The lowest BCUT2D eigenvalue weighted by atomic mass is 9.87. The number of ether oxygens (including phenoxy) is 1. The molecule has 2 N–H and O–H groups in total. The van der Waals surface area contributed by atoms with Crippen molar-refractivity contribution in [1.29, 1.82) is 0 Å². The standard InChI is InChI=1S/C23H28N6O2/c1-23(2,3)31-22(30)25-16-9-10-17-15(13-16)5-4-6-18(17)26-19-21-28-27-20(14-7-8-14)29(21)12-11-24-19/h9-14,18H,4-8H2,1-3H3,(H,24,26)(H,25,30). The molecule has 1 unspecified atom stereocenters. The van der Waals surface area contributed by atoms with Crippen molar-refractivity contribution < 1.29 is 9.53 Å². The van der Waals surface area contributed by atoms with Crippen LogP contribution in [-0.2, 0) is 11.2 Å². The maximum atomic E-state index is 12.1. The number of hydrogen-bond acceptors (Lipinski definition) is 6. The largest absolute Gasteiger partial charge is 0.444 e. The van der Waals surface area contributed by atoms with Crippen LogP contribution in [0.4, 0.5) is 16.3 Å². The van der Waals surface area contributed by atoms with E-state index in [-0.39, 0.29) is 6.04 Å². The minimum Gasteiger partial charge on any atom is -0.444 e. The van der Waals surface area contributed by atoms with Crippen molar-refractivity contribution in [2.75, 3.05) is 10.6 Å². The second kappa shape index (κ2) is 7.51. The topological polar surface area (TPSA) is 93.4 Å². The third-order valence-corrected chi connectivity index (χ3v) is 5.71. The highest BCUT2D eigenvalue weighted by Crippen LogP contribution is 2.40. The van der Waals surface area contributed by atoms with E-state index in [4.69, 9.17) is 4.74 Å². The molecule has 5 rings (SSSR count). The van der Waals surface area contributed by atoms with Crippen LogP contribution < -0.4 is 10.6 Å². The summed E-state index contributed by atoms with van der Waals surface area (Å²) in [5.74, 6) is 2.31. The van der Waals surface area contributed by atoms with E-state index in [1.165, 1.54) is 24.0 Å². The molecule has 1 saturated carbocycles. The van der Waals surface area contributed by atoms with Gasteiger partial charge in [0.15, 0.2) is 5.82 Å². The molecule has 1 aromatic carbocycles. The lowest BCUT2D eigenvalue weighted by molar-refractivity contribution is 0.0636. The van der Waals surface area contributed by atoms with Crippen LogP contribution in [0, 0.1) is 0 Å². The first-order valence-electron chi connectivity index (χ1n) is 11.0. The van der Waals surface area contributed by atoms with E-state index in [9.17, 15) is 4.79 Å². The minimum atomic E-state index is -0.525. The van der Waals surface area contributed by atoms with Crippen molar-refractivity contribution in [2.24, 2.45) is 0 Å². The summed E-state index contributed by atoms with van der Waals surface area (Å²) in [5, 5.41) is 15.2. The molecule has 1 fully saturated rings. The highest BCUT2D eigenvalue weighted by atomic mass is 16.6. The number of carbonyl (C=O) groups excluding carboxylic acids is 1. The molecule has 3 aromatic rings. The maximum Gasteiger partial charge on any atom is 0.412 e. The van der Waals surface area contributed by atoms with Crippen LogP contribution in [0.1, 0.15) is 75.4 Å². The third kappa shape index (κ3) is 4.19. The van der Waals surface area contributed by atoms with Crippen LogP contribution in [0.3, 0.4) is 0 Å². The molecule has 2 heterocycles. The van der Waals surface area contributed by atoms with Crippen molar-refractivity contribution >= 4 is 23.2 Å². The van der Waals surface area contributed by atoms with Gasteiger partial charge in [0, 0.05) is 24.0 Å². The van der Waals surface area contributed by atoms with Crippen molar-refractivity contribution in [3.63, 3.8) is 0 Å². The summed E-state index contributed by atoms with van der Waals surface area (Å²) in [6, 6.07) is 6.19. The Kier molecular flexibility index (Phi) is 4.79. The highest BCUT2D eigenvalue weighted by Gasteiger charge is 2.30. The SMILES string of the molecule is CC(C)(C)OC(=O)Nc1ccc2c(c1)CCCC2Nc1nccn2c(C3CC3)nnc12. The van der Waals surface area contributed by atoms with Crippen molar-refractivity contribution in [3.8, 4) is 0 Å². The Morgan fingerprint density at radius 1 is 1.19 bits per heavy atom. The fourth-order valence-corrected chi connectivity index (χ4v) is 4.19. The molecule has 8 heteroatoms. The van der Waals surface area contributed by atoms with Crippen LogP contribution >= 0.6 is 0 Å². The average Bonchev–Trinajstić information content (AvgIpc) is 3.45. The van der Waals surface area contributed by atoms with Crippen molar-refractivity contribution in [3.05, 3.63) is 47.5 Å². The molecule has 0 spiro atoms. The van der Waals surface area contributed by atoms with E-state index >= 15 is 0 Å². The molecule has 31 heavy (non-hydrogen) atoms. The summed E-state index contributed by atoms with van der Waals surface area (Å²) in [6.45, 7) is 5.56. The first kappa shape index (κ1) is 19.8. The Morgan fingerprint density at radius 2 is 2.03 bits per heavy atom. The molecule has 1 amide bonds. The molecule has 162 valence electrons. The first-order valence-corrected chi connectivity index (χ1v) is 11.0. The number of amides is 1. The zero-order chi connectivity index (χ0) is 21.6. The van der Waals surface area contributed by atoms with Crippen molar-refractivity contribution in [2.45, 2.75) is 70.4 Å². The molecule has 0 radical (unpaired) electrons. The van der Waals surface area contributed by atoms with Gasteiger partial charge >= 0.3 is 6.09 Å². The maximum absolute atomic E-state index is 12.1. The highest BCUT2D eigenvalue weighted by molar-refractivity contribution is 5.85. The van der Waals surface area contributed by atoms with Gasteiger partial charge in [-0.3, -0.25) is 9.72 Å². The predicted molar refractivity (Wildman–Crippen MR) is 118 cm³/mol. The molecule has 1 atom stereocenters. The number of anilines is 2. The molecule has 2 aliphatic carbocycles. The van der Waals surface area contributed by atoms with E-state index in [1.807, 2.05) is 45.3 Å². The second-order valence-electron chi connectivity index (χ2n) is 9.43. The molecule has 0 aliphatic heterocycles. The first-order chi connectivity index (χ1) is 14.9. The van der Waals surface area contributed by atoms with Gasteiger partial charge in [-0.1, -0.05) is 6.07 Å². The quantitative estimate of drug-likeness (QED) is 0.627. The van der Waals surface area contributed by atoms with Crippen LogP contribution in [0.5, 0.6) is 0 Å². The van der Waals surface area contributed by atoms with Gasteiger partial charge in [0.2, 0.25) is 5.65 Å². The van der Waals surface area contributed by atoms with Crippen LogP contribution in [0.25, 0.3) is 5.65 Å². The Labute approximate surface area is 181 Å². The molecule has 0 bridgehead atoms. The fourth-order valence-electron chi connectivity index (χ4n) is 4.19. The number of nitrogens with one attached hydrogen (secondary N) is 2. The fraction of sp³-hybridized carbons (Fsp3) is 0.478. The van der Waals surface area contributed by atoms with Gasteiger partial charge in [-0.15, -0.1) is 10.2 Å². The number of carbonyl (C=O) groups is 1. The normalized spacial score (nSPS) is 18.5. The van der Waals surface area contributed by atoms with E-state index in [1.54, 1.807) is 0 Å². The van der Waals surface area contributed by atoms with Crippen LogP contribution in [0.2, 0.25) is 0 Å². The second-order valence-corrected chi connectivity index (χ2v) is 9.43. The summed E-state index contributed by atoms with van der Waals surface area (Å²) in [4.78, 5) is 16.7. The Morgan fingerprint density at radius 3 is 2.81 bits per heavy atom. The van der Waals surface area contributed by atoms with E-state index < -0.39 is 11.7 Å². The molecular weight excluding hydrogens is 392 g/mol. The molecule has 2 aromatic heterocycles. The number of aryl methyl sites for hydroxylation is 1. The lowest BCUT2D eigenvalue weighted by Gasteiger charge is -2.27. The van der Waals surface area contributed by atoms with Gasteiger partial charge in [0.25, 0.3) is 0 Å². The third-order valence-electron chi connectivity index (χ3n) is 5.71. The number of rotatable bonds is 4. The summed E-state index contributed by atoms with van der Waals surface area (Å²) in [7, 11) is 0. The van der Waals surface area contributed by atoms with Gasteiger partial charge in [-0.25, -0.2) is 9.78 Å². The number of aromatic nitrogens is 4. The predicted octanol–water partition coefficient (Wildman–Crippen LogP) is 4.84. The summed E-state index contributed by atoms with van der Waals surface area (Å²) in [5.41, 5.74) is 3.46.